The van der Waals surface area contributed by atoms with Crippen LogP contribution in [0.1, 0.15) is 10.5 Å². The zero-order chi connectivity index (χ0) is 10.8. The second kappa shape index (κ2) is 3.74. The molecular formula is C10H6ClNO3. The minimum Gasteiger partial charge on any atom is -0.476 e. The van der Waals surface area contributed by atoms with Crippen molar-refractivity contribution in [2.45, 2.75) is 0 Å². The first-order chi connectivity index (χ1) is 7.18. The summed E-state index contributed by atoms with van der Waals surface area (Å²) in [7, 11) is 0. The number of nitrogens with zero attached hydrogens (tertiary/aromatic N) is 1. The molecule has 1 heterocycles. The van der Waals surface area contributed by atoms with Gasteiger partial charge < -0.3 is 9.52 Å². The van der Waals surface area contributed by atoms with Crippen LogP contribution >= 0.6 is 11.6 Å². The number of carboxylic acid groups (broad SMARTS) is 1. The zero-order valence-electron chi connectivity index (χ0n) is 7.48. The molecule has 1 aromatic heterocycles. The summed E-state index contributed by atoms with van der Waals surface area (Å²) in [6, 6.07) is 6.67. The van der Waals surface area contributed by atoms with Crippen molar-refractivity contribution < 1.29 is 14.3 Å². The van der Waals surface area contributed by atoms with Crippen LogP contribution in [0.25, 0.3) is 11.3 Å². The van der Waals surface area contributed by atoms with Crippen LogP contribution in [-0.4, -0.2) is 16.1 Å². The molecule has 0 atom stereocenters. The van der Waals surface area contributed by atoms with Gasteiger partial charge in [-0.3, -0.25) is 0 Å². The van der Waals surface area contributed by atoms with E-state index in [1.54, 1.807) is 24.3 Å². The molecule has 2 aromatic rings. The molecule has 4 nitrogen and oxygen atoms in total. The normalized spacial score (nSPS) is 10.2. The highest BCUT2D eigenvalue weighted by Crippen LogP contribution is 2.24. The van der Waals surface area contributed by atoms with Crippen molar-refractivity contribution in [2.75, 3.05) is 0 Å². The summed E-state index contributed by atoms with van der Waals surface area (Å²) in [5.41, 5.74) is 0.534. The Morgan fingerprint density at radius 1 is 1.33 bits per heavy atom. The molecule has 0 aliphatic carbocycles. The predicted octanol–water partition coefficient (Wildman–Crippen LogP) is 2.69. The highest BCUT2D eigenvalue weighted by molar-refractivity contribution is 6.30. The molecule has 0 fully saturated rings. The van der Waals surface area contributed by atoms with Gasteiger partial charge in [0.15, 0.2) is 17.8 Å². The molecule has 76 valence electrons. The van der Waals surface area contributed by atoms with Crippen LogP contribution in [0.5, 0.6) is 0 Å². The van der Waals surface area contributed by atoms with Gasteiger partial charge in [0.1, 0.15) is 0 Å². The maximum Gasteiger partial charge on any atom is 0.358 e. The third kappa shape index (κ3) is 1.85. The fourth-order valence-electron chi connectivity index (χ4n) is 1.20. The van der Waals surface area contributed by atoms with Crippen molar-refractivity contribution >= 4 is 17.6 Å². The Morgan fingerprint density at radius 3 is 2.60 bits per heavy atom. The first-order valence-electron chi connectivity index (χ1n) is 4.11. The number of benzene rings is 1. The number of hydrogen-bond acceptors (Lipinski definition) is 3. The van der Waals surface area contributed by atoms with E-state index in [9.17, 15) is 4.79 Å². The third-order valence-electron chi connectivity index (χ3n) is 1.88. The number of hydrogen-bond donors (Lipinski definition) is 1. The standard InChI is InChI=1S/C10H6ClNO3/c11-7-3-1-6(2-4-7)9-8(10(13)14)12-5-15-9/h1-5H,(H,13,14). The summed E-state index contributed by atoms with van der Waals surface area (Å²) in [6.07, 6.45) is 1.10. The summed E-state index contributed by atoms with van der Waals surface area (Å²) in [5, 5.41) is 9.40. The van der Waals surface area contributed by atoms with Crippen LogP contribution in [0, 0.1) is 0 Å². The summed E-state index contributed by atoms with van der Waals surface area (Å²) in [4.78, 5) is 14.4. The topological polar surface area (TPSA) is 63.3 Å². The fourth-order valence-corrected chi connectivity index (χ4v) is 1.33. The van der Waals surface area contributed by atoms with Gasteiger partial charge in [-0.15, -0.1) is 0 Å². The molecule has 0 radical (unpaired) electrons. The maximum absolute atomic E-state index is 10.8. The Kier molecular flexibility index (Phi) is 2.43. The molecule has 1 N–H and O–H groups in total. The second-order valence-electron chi connectivity index (χ2n) is 2.84. The van der Waals surface area contributed by atoms with E-state index in [-0.39, 0.29) is 11.5 Å². The predicted molar refractivity (Wildman–Crippen MR) is 53.9 cm³/mol. The van der Waals surface area contributed by atoms with Crippen molar-refractivity contribution in [1.29, 1.82) is 0 Å². The highest BCUT2D eigenvalue weighted by atomic mass is 35.5. The van der Waals surface area contributed by atoms with E-state index < -0.39 is 5.97 Å². The highest BCUT2D eigenvalue weighted by Gasteiger charge is 2.16. The quantitative estimate of drug-likeness (QED) is 0.850. The number of halogens is 1. The van der Waals surface area contributed by atoms with Gasteiger partial charge in [-0.05, 0) is 24.3 Å². The molecule has 2 rings (SSSR count). The largest absolute Gasteiger partial charge is 0.476 e. The van der Waals surface area contributed by atoms with Crippen molar-refractivity contribution in [3.63, 3.8) is 0 Å². The van der Waals surface area contributed by atoms with Gasteiger partial charge in [0.2, 0.25) is 0 Å². The van der Waals surface area contributed by atoms with E-state index in [2.05, 4.69) is 4.98 Å². The SMILES string of the molecule is O=C(O)c1ncoc1-c1ccc(Cl)cc1. The monoisotopic (exact) mass is 223 g/mol. The molecule has 0 bridgehead atoms. The number of rotatable bonds is 2. The van der Waals surface area contributed by atoms with E-state index in [0.29, 0.717) is 10.6 Å². The lowest BCUT2D eigenvalue weighted by atomic mass is 10.1. The third-order valence-corrected chi connectivity index (χ3v) is 2.13. The van der Waals surface area contributed by atoms with E-state index >= 15 is 0 Å². The van der Waals surface area contributed by atoms with Crippen LogP contribution in [0.3, 0.4) is 0 Å². The minimum atomic E-state index is -1.12. The van der Waals surface area contributed by atoms with Crippen LogP contribution in [0.4, 0.5) is 0 Å². The average molecular weight is 224 g/mol. The Morgan fingerprint density at radius 2 is 2.00 bits per heavy atom. The first kappa shape index (κ1) is 9.73. The first-order valence-corrected chi connectivity index (χ1v) is 4.49. The van der Waals surface area contributed by atoms with E-state index in [1.807, 2.05) is 0 Å². The molecule has 15 heavy (non-hydrogen) atoms. The summed E-state index contributed by atoms with van der Waals surface area (Å²) in [6.45, 7) is 0. The summed E-state index contributed by atoms with van der Waals surface area (Å²) < 4.78 is 5.02. The van der Waals surface area contributed by atoms with Gasteiger partial charge in [0, 0.05) is 10.6 Å². The van der Waals surface area contributed by atoms with Crippen LogP contribution in [0.2, 0.25) is 5.02 Å². The van der Waals surface area contributed by atoms with Crippen molar-refractivity contribution in [2.24, 2.45) is 0 Å². The Balaban J connectivity index is 2.49. The van der Waals surface area contributed by atoms with E-state index in [1.165, 1.54) is 0 Å². The fraction of sp³-hybridized carbons (Fsp3) is 0. The van der Waals surface area contributed by atoms with Crippen LogP contribution < -0.4 is 0 Å². The van der Waals surface area contributed by atoms with Crippen molar-refractivity contribution in [3.8, 4) is 11.3 Å². The van der Waals surface area contributed by atoms with Gasteiger partial charge in [-0.1, -0.05) is 11.6 Å². The molecule has 0 saturated carbocycles. The molecule has 0 amide bonds. The number of carboxylic acids is 1. The lowest BCUT2D eigenvalue weighted by Crippen LogP contribution is -1.98. The van der Waals surface area contributed by atoms with E-state index in [4.69, 9.17) is 21.1 Å². The van der Waals surface area contributed by atoms with Crippen molar-refractivity contribution in [1.82, 2.24) is 4.98 Å². The Labute approximate surface area is 90.1 Å². The van der Waals surface area contributed by atoms with Crippen LogP contribution in [-0.2, 0) is 0 Å². The number of aromatic carboxylic acids is 1. The lowest BCUT2D eigenvalue weighted by Gasteiger charge is -1.97. The number of oxazole rings is 1. The minimum absolute atomic E-state index is 0.0997. The number of carbonyl (C=O) groups is 1. The maximum atomic E-state index is 10.8. The molecule has 1 aromatic carbocycles. The smallest absolute Gasteiger partial charge is 0.358 e. The molecule has 5 heteroatoms. The Bertz CT molecular complexity index is 490. The number of aromatic nitrogens is 1. The van der Waals surface area contributed by atoms with Gasteiger partial charge in [-0.2, -0.15) is 0 Å². The average Bonchev–Trinajstić information content (AvgIpc) is 2.67. The second-order valence-corrected chi connectivity index (χ2v) is 3.28. The summed E-state index contributed by atoms with van der Waals surface area (Å²) >= 11 is 5.71. The van der Waals surface area contributed by atoms with Crippen LogP contribution in [0.15, 0.2) is 35.1 Å². The molecular weight excluding hydrogens is 218 g/mol. The van der Waals surface area contributed by atoms with Crippen molar-refractivity contribution in [3.05, 3.63) is 41.4 Å². The lowest BCUT2D eigenvalue weighted by molar-refractivity contribution is 0.0691. The molecule has 0 aliphatic rings. The van der Waals surface area contributed by atoms with Gasteiger partial charge in [0.25, 0.3) is 0 Å². The summed E-state index contributed by atoms with van der Waals surface area (Å²) in [5.74, 6) is -0.882. The van der Waals surface area contributed by atoms with Gasteiger partial charge in [-0.25, -0.2) is 9.78 Å². The molecule has 0 aliphatic heterocycles. The van der Waals surface area contributed by atoms with Gasteiger partial charge >= 0.3 is 5.97 Å². The van der Waals surface area contributed by atoms with Gasteiger partial charge in [0.05, 0.1) is 0 Å². The molecule has 0 saturated heterocycles. The Hall–Kier alpha value is -1.81. The molecule has 0 spiro atoms. The molecule has 0 unspecified atom stereocenters. The van der Waals surface area contributed by atoms with E-state index in [0.717, 1.165) is 6.39 Å². The zero-order valence-corrected chi connectivity index (χ0v) is 8.23.